The highest BCUT2D eigenvalue weighted by molar-refractivity contribution is 5.81. The van der Waals surface area contributed by atoms with Crippen LogP contribution in [-0.2, 0) is 14.9 Å². The zero-order valence-electron chi connectivity index (χ0n) is 16.5. The van der Waals surface area contributed by atoms with E-state index in [-0.39, 0.29) is 29.3 Å². The number of allylic oxidation sites excluding steroid dienone is 2. The maximum atomic E-state index is 13.1. The van der Waals surface area contributed by atoms with Crippen molar-refractivity contribution in [2.24, 2.45) is 11.8 Å². The monoisotopic (exact) mass is 368 g/mol. The second-order valence-corrected chi connectivity index (χ2v) is 7.68. The fourth-order valence-corrected chi connectivity index (χ4v) is 5.49. The highest BCUT2D eigenvalue weighted by Gasteiger charge is 2.60. The van der Waals surface area contributed by atoms with Crippen LogP contribution in [0.5, 0.6) is 5.75 Å². The summed E-state index contributed by atoms with van der Waals surface area (Å²) in [4.78, 5) is 15.4. The molecule has 4 atom stereocenters. The number of carbonyl (C=O) groups excluding carboxylic acids is 1. The Morgan fingerprint density at radius 1 is 1.33 bits per heavy atom. The Labute approximate surface area is 161 Å². The predicted molar refractivity (Wildman–Crippen MR) is 106 cm³/mol. The molecule has 4 unspecified atom stereocenters. The number of nitrogens with zero attached hydrogens (tertiary/aromatic N) is 1. The van der Waals surface area contributed by atoms with E-state index in [1.54, 1.807) is 7.11 Å². The molecule has 27 heavy (non-hydrogen) atoms. The number of esters is 1. The van der Waals surface area contributed by atoms with E-state index in [0.29, 0.717) is 0 Å². The summed E-state index contributed by atoms with van der Waals surface area (Å²) in [6.45, 7) is 3.73. The zero-order chi connectivity index (χ0) is 19.2. The molecule has 0 saturated carbocycles. The highest BCUT2D eigenvalue weighted by atomic mass is 16.5. The molecular formula is C22H28N2O3. The molecule has 5 nitrogen and oxygen atoms in total. The van der Waals surface area contributed by atoms with Gasteiger partial charge in [0.25, 0.3) is 0 Å². The summed E-state index contributed by atoms with van der Waals surface area (Å²) in [5.74, 6) is 0.535. The fraction of sp³-hybridized carbons (Fsp3) is 0.500. The number of benzene rings is 1. The maximum absolute atomic E-state index is 13.1. The predicted octanol–water partition coefficient (Wildman–Crippen LogP) is 2.67. The van der Waals surface area contributed by atoms with Gasteiger partial charge in [0.15, 0.2) is 0 Å². The lowest BCUT2D eigenvalue weighted by Crippen LogP contribution is -2.57. The van der Waals surface area contributed by atoms with E-state index in [4.69, 9.17) is 9.47 Å². The van der Waals surface area contributed by atoms with E-state index < -0.39 is 0 Å². The third-order valence-corrected chi connectivity index (χ3v) is 6.74. The molecule has 144 valence electrons. The molecule has 0 radical (unpaired) electrons. The summed E-state index contributed by atoms with van der Waals surface area (Å²) in [6, 6.07) is 6.36. The Balaban J connectivity index is 1.97. The standard InChI is InChI=1S/C22H28N2O3/c1-5-14-13-23-11-10-22-17-8-6-15(26-3)12-18(17)24(2)19(22)9-7-16(14)20(22)21(25)27-4/h5-9,12,16,19-20,23H,10-11,13H2,1-4H3. The lowest BCUT2D eigenvalue weighted by Gasteiger charge is -2.49. The number of methoxy groups -OCH3 is 2. The molecule has 3 aliphatic rings. The Morgan fingerprint density at radius 2 is 2.15 bits per heavy atom. The first-order valence-corrected chi connectivity index (χ1v) is 9.61. The van der Waals surface area contributed by atoms with Crippen LogP contribution in [0.3, 0.4) is 0 Å². The Bertz CT molecular complexity index is 816. The van der Waals surface area contributed by atoms with Crippen molar-refractivity contribution in [3.05, 3.63) is 47.6 Å². The number of ether oxygens (including phenoxy) is 2. The third kappa shape index (κ3) is 2.44. The molecule has 2 aliphatic heterocycles. The number of hydrogen-bond donors (Lipinski definition) is 1. The van der Waals surface area contributed by atoms with E-state index in [1.165, 1.54) is 18.2 Å². The first kappa shape index (κ1) is 18.1. The van der Waals surface area contributed by atoms with Crippen LogP contribution in [0.4, 0.5) is 5.69 Å². The molecule has 1 aromatic carbocycles. The van der Waals surface area contributed by atoms with Gasteiger partial charge in [-0.2, -0.15) is 0 Å². The summed E-state index contributed by atoms with van der Waals surface area (Å²) in [6.07, 6.45) is 7.54. The van der Waals surface area contributed by atoms with E-state index in [1.807, 2.05) is 6.07 Å². The molecule has 4 rings (SSSR count). The molecule has 1 saturated heterocycles. The van der Waals surface area contributed by atoms with Crippen LogP contribution in [0.15, 0.2) is 42.0 Å². The smallest absolute Gasteiger partial charge is 0.310 e. The van der Waals surface area contributed by atoms with Gasteiger partial charge in [-0.3, -0.25) is 4.79 Å². The first-order chi connectivity index (χ1) is 13.1. The minimum atomic E-state index is -0.315. The number of nitrogens with one attached hydrogen (secondary N) is 1. The van der Waals surface area contributed by atoms with Crippen LogP contribution in [-0.4, -0.2) is 46.4 Å². The maximum Gasteiger partial charge on any atom is 0.310 e. The van der Waals surface area contributed by atoms with Crippen molar-refractivity contribution in [2.75, 3.05) is 39.3 Å². The van der Waals surface area contributed by atoms with Crippen LogP contribution in [0, 0.1) is 11.8 Å². The number of hydrogen-bond acceptors (Lipinski definition) is 5. The van der Waals surface area contributed by atoms with Gasteiger partial charge in [0.2, 0.25) is 0 Å². The average molecular weight is 368 g/mol. The van der Waals surface area contributed by atoms with Crippen LogP contribution in [0.1, 0.15) is 18.9 Å². The molecule has 0 aromatic heterocycles. The molecule has 0 amide bonds. The SMILES string of the molecule is CC=C1CNCCC23c4ccc(OC)cc4N(C)C2C=CC1C3C(=O)OC. The number of carbonyl (C=O) groups is 1. The molecule has 1 fully saturated rings. The van der Waals surface area contributed by atoms with Gasteiger partial charge in [0.05, 0.1) is 26.2 Å². The fourth-order valence-electron chi connectivity index (χ4n) is 5.49. The second kappa shape index (κ2) is 6.71. The minimum absolute atomic E-state index is 0.0490. The molecule has 1 aromatic rings. The van der Waals surface area contributed by atoms with Gasteiger partial charge in [-0.25, -0.2) is 0 Å². The lowest BCUT2D eigenvalue weighted by atomic mass is 9.56. The summed E-state index contributed by atoms with van der Waals surface area (Å²) >= 11 is 0. The Morgan fingerprint density at radius 3 is 2.85 bits per heavy atom. The quantitative estimate of drug-likeness (QED) is 0.642. The van der Waals surface area contributed by atoms with Crippen molar-refractivity contribution in [1.29, 1.82) is 0 Å². The van der Waals surface area contributed by atoms with Crippen LogP contribution in [0.25, 0.3) is 0 Å². The summed E-state index contributed by atoms with van der Waals surface area (Å²) < 4.78 is 10.8. The van der Waals surface area contributed by atoms with E-state index in [9.17, 15) is 4.79 Å². The van der Waals surface area contributed by atoms with Crippen LogP contribution < -0.4 is 15.0 Å². The van der Waals surface area contributed by atoms with Gasteiger partial charge >= 0.3 is 5.97 Å². The third-order valence-electron chi connectivity index (χ3n) is 6.74. The van der Waals surface area contributed by atoms with Gasteiger partial charge in [-0.1, -0.05) is 29.9 Å². The first-order valence-electron chi connectivity index (χ1n) is 9.61. The molecule has 1 spiro atoms. The molecular weight excluding hydrogens is 340 g/mol. The normalized spacial score (nSPS) is 33.1. The number of likely N-dealkylation sites (N-methyl/N-ethyl adjacent to an activating group) is 1. The Kier molecular flexibility index (Phi) is 4.50. The van der Waals surface area contributed by atoms with Gasteiger partial charge in [-0.05, 0) is 31.5 Å². The summed E-state index contributed by atoms with van der Waals surface area (Å²) in [7, 11) is 5.31. The molecule has 5 heteroatoms. The molecule has 2 bridgehead atoms. The van der Waals surface area contributed by atoms with E-state index >= 15 is 0 Å². The van der Waals surface area contributed by atoms with Crippen molar-refractivity contribution >= 4 is 11.7 Å². The van der Waals surface area contributed by atoms with Gasteiger partial charge < -0.3 is 19.7 Å². The average Bonchev–Trinajstić information content (AvgIpc) is 2.94. The van der Waals surface area contributed by atoms with Crippen LogP contribution >= 0.6 is 0 Å². The summed E-state index contributed by atoms with van der Waals surface area (Å²) in [5, 5.41) is 3.57. The number of fused-ring (bicyclic) bond motifs is 2. The lowest BCUT2D eigenvalue weighted by molar-refractivity contribution is -0.150. The van der Waals surface area contributed by atoms with Crippen molar-refractivity contribution in [3.63, 3.8) is 0 Å². The van der Waals surface area contributed by atoms with Crippen molar-refractivity contribution in [3.8, 4) is 5.75 Å². The molecule has 2 heterocycles. The van der Waals surface area contributed by atoms with Crippen molar-refractivity contribution in [2.45, 2.75) is 24.8 Å². The van der Waals surface area contributed by atoms with Gasteiger partial charge in [0, 0.05) is 36.7 Å². The second-order valence-electron chi connectivity index (χ2n) is 7.68. The molecule has 1 N–H and O–H groups in total. The van der Waals surface area contributed by atoms with Crippen molar-refractivity contribution < 1.29 is 14.3 Å². The Hall–Kier alpha value is -2.27. The largest absolute Gasteiger partial charge is 0.497 e. The summed E-state index contributed by atoms with van der Waals surface area (Å²) in [5.41, 5.74) is 3.30. The van der Waals surface area contributed by atoms with E-state index in [0.717, 1.165) is 30.9 Å². The van der Waals surface area contributed by atoms with Gasteiger partial charge in [0.1, 0.15) is 5.75 Å². The topological polar surface area (TPSA) is 50.8 Å². The van der Waals surface area contributed by atoms with Crippen molar-refractivity contribution in [1.82, 2.24) is 5.32 Å². The number of rotatable bonds is 2. The molecule has 1 aliphatic carbocycles. The van der Waals surface area contributed by atoms with Crippen LogP contribution in [0.2, 0.25) is 0 Å². The van der Waals surface area contributed by atoms with E-state index in [2.05, 4.69) is 54.5 Å². The highest BCUT2D eigenvalue weighted by Crippen LogP contribution is 2.57. The minimum Gasteiger partial charge on any atom is -0.497 e. The number of anilines is 1. The zero-order valence-corrected chi connectivity index (χ0v) is 16.5. The van der Waals surface area contributed by atoms with Gasteiger partial charge in [-0.15, -0.1) is 0 Å².